The van der Waals surface area contributed by atoms with E-state index in [-0.39, 0.29) is 17.0 Å². The number of hydrogen-bond acceptors (Lipinski definition) is 5. The second-order valence-electron chi connectivity index (χ2n) is 9.36. The molecule has 0 aromatic heterocycles. The average molecular weight is 368 g/mol. The van der Waals surface area contributed by atoms with Gasteiger partial charge in [-0.25, -0.2) is 4.79 Å². The van der Waals surface area contributed by atoms with Crippen LogP contribution in [0.5, 0.6) is 0 Å². The second kappa shape index (κ2) is 9.86. The van der Waals surface area contributed by atoms with Gasteiger partial charge < -0.3 is 19.9 Å². The van der Waals surface area contributed by atoms with Crippen LogP contribution < -0.4 is 5.32 Å². The van der Waals surface area contributed by atoms with Gasteiger partial charge in [0.05, 0.1) is 0 Å². The molecule has 1 saturated heterocycles. The van der Waals surface area contributed by atoms with Gasteiger partial charge in [-0.15, -0.1) is 0 Å². The summed E-state index contributed by atoms with van der Waals surface area (Å²) >= 11 is 0. The lowest BCUT2D eigenvalue weighted by atomic mass is 9.79. The Morgan fingerprint density at radius 3 is 2.15 bits per heavy atom. The van der Waals surface area contributed by atoms with Crippen LogP contribution >= 0.6 is 0 Å². The van der Waals surface area contributed by atoms with Crippen molar-refractivity contribution in [3.63, 3.8) is 0 Å². The van der Waals surface area contributed by atoms with Gasteiger partial charge in [-0.05, 0) is 87.5 Å². The van der Waals surface area contributed by atoms with E-state index in [0.717, 1.165) is 26.1 Å². The number of nitrogens with one attached hydrogen (secondary N) is 1. The van der Waals surface area contributed by atoms with Crippen LogP contribution in [-0.2, 0) is 9.53 Å². The Labute approximate surface area is 161 Å². The van der Waals surface area contributed by atoms with E-state index >= 15 is 0 Å². The van der Waals surface area contributed by atoms with Crippen molar-refractivity contribution in [2.45, 2.75) is 77.4 Å². The summed E-state index contributed by atoms with van der Waals surface area (Å²) in [4.78, 5) is 16.1. The topological polar surface area (TPSA) is 44.8 Å². The highest BCUT2D eigenvalue weighted by Gasteiger charge is 2.38. The van der Waals surface area contributed by atoms with Crippen molar-refractivity contribution in [3.05, 3.63) is 12.2 Å². The molecule has 0 amide bonds. The summed E-state index contributed by atoms with van der Waals surface area (Å²) in [6.45, 7) is 17.9. The molecule has 0 unspecified atom stereocenters. The van der Waals surface area contributed by atoms with E-state index in [9.17, 15) is 4.79 Å². The predicted octanol–water partition coefficient (Wildman–Crippen LogP) is 3.06. The van der Waals surface area contributed by atoms with Gasteiger partial charge in [0.15, 0.2) is 0 Å². The molecule has 0 aliphatic carbocycles. The predicted molar refractivity (Wildman–Crippen MR) is 109 cm³/mol. The minimum Gasteiger partial charge on any atom is -0.461 e. The first-order chi connectivity index (χ1) is 11.9. The van der Waals surface area contributed by atoms with Crippen LogP contribution in [0.1, 0.15) is 60.3 Å². The molecule has 1 N–H and O–H groups in total. The molecule has 0 aromatic carbocycles. The highest BCUT2D eigenvalue weighted by molar-refractivity contribution is 5.86. The zero-order valence-corrected chi connectivity index (χ0v) is 18.2. The van der Waals surface area contributed by atoms with Crippen molar-refractivity contribution in [1.82, 2.24) is 15.1 Å². The third-order valence-corrected chi connectivity index (χ3v) is 5.15. The fourth-order valence-electron chi connectivity index (χ4n) is 4.03. The number of carbonyl (C=O) groups is 1. The SMILES string of the molecule is C=C(C)C(=O)OCCN(C)CCCCN(C)C1CC(C)(C)NC(C)(C)C1. The van der Waals surface area contributed by atoms with Crippen LogP contribution in [0.25, 0.3) is 0 Å². The summed E-state index contributed by atoms with van der Waals surface area (Å²) in [6, 6.07) is 0.639. The standard InChI is InChI=1S/C21H41N3O2/c1-17(2)19(25)26-14-13-23(7)11-9-10-12-24(8)18-15-20(3,4)22-21(5,6)16-18/h18,22H,1,9-16H2,2-8H3. The summed E-state index contributed by atoms with van der Waals surface area (Å²) in [5.74, 6) is -0.298. The Hall–Kier alpha value is -0.910. The number of unbranched alkanes of at least 4 members (excludes halogenated alkanes) is 1. The minimum atomic E-state index is -0.298. The van der Waals surface area contributed by atoms with Crippen molar-refractivity contribution in [3.8, 4) is 0 Å². The van der Waals surface area contributed by atoms with Crippen LogP contribution in [0.3, 0.4) is 0 Å². The third-order valence-electron chi connectivity index (χ3n) is 5.15. The first kappa shape index (κ1) is 23.1. The monoisotopic (exact) mass is 367 g/mol. The van der Waals surface area contributed by atoms with Crippen LogP contribution in [0, 0.1) is 0 Å². The van der Waals surface area contributed by atoms with Crippen molar-refractivity contribution in [2.75, 3.05) is 40.3 Å². The lowest BCUT2D eigenvalue weighted by molar-refractivity contribution is -0.139. The lowest BCUT2D eigenvalue weighted by Gasteiger charge is -2.49. The molecule has 1 rings (SSSR count). The number of ether oxygens (including phenoxy) is 1. The number of carbonyl (C=O) groups excluding carboxylic acids is 1. The van der Waals surface area contributed by atoms with E-state index in [4.69, 9.17) is 4.74 Å². The van der Waals surface area contributed by atoms with E-state index in [1.165, 1.54) is 19.3 Å². The molecule has 0 aromatic rings. The van der Waals surface area contributed by atoms with Crippen LogP contribution in [-0.4, -0.2) is 73.2 Å². The van der Waals surface area contributed by atoms with Gasteiger partial charge in [0.1, 0.15) is 6.61 Å². The summed E-state index contributed by atoms with van der Waals surface area (Å²) in [5.41, 5.74) is 0.851. The van der Waals surface area contributed by atoms with E-state index in [0.29, 0.717) is 18.2 Å². The van der Waals surface area contributed by atoms with Gasteiger partial charge in [-0.2, -0.15) is 0 Å². The van der Waals surface area contributed by atoms with Gasteiger partial charge in [0, 0.05) is 29.2 Å². The molecule has 0 spiro atoms. The highest BCUT2D eigenvalue weighted by Crippen LogP contribution is 2.31. The Morgan fingerprint density at radius 2 is 1.62 bits per heavy atom. The molecule has 26 heavy (non-hydrogen) atoms. The first-order valence-electron chi connectivity index (χ1n) is 9.93. The maximum absolute atomic E-state index is 11.4. The van der Waals surface area contributed by atoms with Gasteiger partial charge in [-0.3, -0.25) is 0 Å². The molecule has 5 nitrogen and oxygen atoms in total. The van der Waals surface area contributed by atoms with Crippen molar-refractivity contribution < 1.29 is 9.53 Å². The zero-order valence-electron chi connectivity index (χ0n) is 18.2. The number of rotatable bonds is 10. The molecule has 1 aliphatic heterocycles. The van der Waals surface area contributed by atoms with Crippen molar-refractivity contribution >= 4 is 5.97 Å². The number of nitrogens with zero attached hydrogens (tertiary/aromatic N) is 2. The quantitative estimate of drug-likeness (QED) is 0.365. The molecule has 1 aliphatic rings. The van der Waals surface area contributed by atoms with Crippen LogP contribution in [0.15, 0.2) is 12.2 Å². The maximum Gasteiger partial charge on any atom is 0.333 e. The average Bonchev–Trinajstić information content (AvgIpc) is 2.48. The van der Waals surface area contributed by atoms with E-state index in [1.807, 2.05) is 0 Å². The number of piperidine rings is 1. The fraction of sp³-hybridized carbons (Fsp3) is 0.857. The second-order valence-corrected chi connectivity index (χ2v) is 9.36. The van der Waals surface area contributed by atoms with Gasteiger partial charge in [0.2, 0.25) is 0 Å². The molecule has 152 valence electrons. The molecule has 0 atom stereocenters. The summed E-state index contributed by atoms with van der Waals surface area (Å²) in [5, 5.41) is 3.76. The number of esters is 1. The smallest absolute Gasteiger partial charge is 0.333 e. The largest absolute Gasteiger partial charge is 0.461 e. The molecule has 1 fully saturated rings. The Kier molecular flexibility index (Phi) is 8.77. The van der Waals surface area contributed by atoms with Gasteiger partial charge in [-0.1, -0.05) is 6.58 Å². The van der Waals surface area contributed by atoms with E-state index in [2.05, 4.69) is 63.5 Å². The van der Waals surface area contributed by atoms with Gasteiger partial charge >= 0.3 is 5.97 Å². The van der Waals surface area contributed by atoms with E-state index in [1.54, 1.807) is 6.92 Å². The van der Waals surface area contributed by atoms with Crippen LogP contribution in [0.2, 0.25) is 0 Å². The Balaban J connectivity index is 2.22. The highest BCUT2D eigenvalue weighted by atomic mass is 16.5. The normalized spacial score (nSPS) is 19.7. The summed E-state index contributed by atoms with van der Waals surface area (Å²) < 4.78 is 5.14. The first-order valence-corrected chi connectivity index (χ1v) is 9.93. The molecule has 5 heteroatoms. The Morgan fingerprint density at radius 1 is 1.08 bits per heavy atom. The molecule has 1 heterocycles. The molecule has 0 bridgehead atoms. The number of hydrogen-bond donors (Lipinski definition) is 1. The maximum atomic E-state index is 11.4. The zero-order chi connectivity index (χ0) is 20.0. The van der Waals surface area contributed by atoms with Gasteiger partial charge in [0.25, 0.3) is 0 Å². The molecule has 0 radical (unpaired) electrons. The van der Waals surface area contributed by atoms with E-state index < -0.39 is 0 Å². The van der Waals surface area contributed by atoms with Crippen molar-refractivity contribution in [2.24, 2.45) is 0 Å². The third kappa shape index (κ3) is 8.65. The fourth-order valence-corrected chi connectivity index (χ4v) is 4.03. The lowest BCUT2D eigenvalue weighted by Crippen LogP contribution is -2.61. The number of likely N-dealkylation sites (N-methyl/N-ethyl adjacent to an activating group) is 1. The molecule has 0 saturated carbocycles. The van der Waals surface area contributed by atoms with Crippen molar-refractivity contribution in [1.29, 1.82) is 0 Å². The molecular formula is C21H41N3O2. The summed E-state index contributed by atoms with van der Waals surface area (Å²) in [7, 11) is 4.35. The Bertz CT molecular complexity index is 458. The van der Waals surface area contributed by atoms with Crippen LogP contribution in [0.4, 0.5) is 0 Å². The minimum absolute atomic E-state index is 0.197. The molecular weight excluding hydrogens is 326 g/mol. The summed E-state index contributed by atoms with van der Waals surface area (Å²) in [6.07, 6.45) is 4.74.